The van der Waals surface area contributed by atoms with Crippen molar-refractivity contribution in [3.8, 4) is 17.6 Å². The minimum atomic E-state index is -0.272. The molecule has 0 atom stereocenters. The van der Waals surface area contributed by atoms with E-state index in [4.69, 9.17) is 10.00 Å². The number of ether oxygens (including phenoxy) is 1. The standard InChI is InChI=1S/C22H18N4O3/c23-14-16-6-8-19(9-7-16)29-20-5-1-3-17(13-20)21(27)25-11-12-26-22(28)18-4-2-10-24-15-18/h1-10,13,15H,11-12H2,(H,25,27)(H,26,28). The van der Waals surface area contributed by atoms with Crippen LogP contribution in [0.3, 0.4) is 0 Å². The van der Waals surface area contributed by atoms with Gasteiger partial charge in [0.1, 0.15) is 11.5 Å². The van der Waals surface area contributed by atoms with E-state index in [2.05, 4.69) is 15.6 Å². The fraction of sp³-hybridized carbons (Fsp3) is 0.0909. The summed E-state index contributed by atoms with van der Waals surface area (Å²) in [7, 11) is 0. The molecule has 0 saturated heterocycles. The monoisotopic (exact) mass is 386 g/mol. The highest BCUT2D eigenvalue weighted by atomic mass is 16.5. The molecule has 7 nitrogen and oxygen atoms in total. The van der Waals surface area contributed by atoms with E-state index in [1.807, 2.05) is 6.07 Å². The number of carbonyl (C=O) groups is 2. The zero-order valence-corrected chi connectivity index (χ0v) is 15.5. The lowest BCUT2D eigenvalue weighted by molar-refractivity contribution is 0.0927. The maximum absolute atomic E-state index is 12.3. The molecule has 0 bridgehead atoms. The summed E-state index contributed by atoms with van der Waals surface area (Å²) in [6.45, 7) is 0.576. The van der Waals surface area contributed by atoms with Crippen LogP contribution in [0.25, 0.3) is 0 Å². The summed E-state index contributed by atoms with van der Waals surface area (Å²) in [4.78, 5) is 28.1. The molecule has 0 aliphatic carbocycles. The first kappa shape index (κ1) is 19.6. The van der Waals surface area contributed by atoms with Crippen molar-refractivity contribution in [1.82, 2.24) is 15.6 Å². The number of carbonyl (C=O) groups excluding carboxylic acids is 2. The molecule has 0 radical (unpaired) electrons. The maximum Gasteiger partial charge on any atom is 0.252 e. The Hall–Kier alpha value is -4.18. The number of hydrogen-bond acceptors (Lipinski definition) is 5. The number of amides is 2. The molecule has 1 heterocycles. The van der Waals surface area contributed by atoms with Crippen LogP contribution in [0.2, 0.25) is 0 Å². The van der Waals surface area contributed by atoms with Crippen LogP contribution in [0.5, 0.6) is 11.5 Å². The van der Waals surface area contributed by atoms with Crippen molar-refractivity contribution in [2.45, 2.75) is 0 Å². The molecule has 0 fully saturated rings. The van der Waals surface area contributed by atoms with Gasteiger partial charge in [0.05, 0.1) is 17.2 Å². The number of nitrogens with one attached hydrogen (secondary N) is 2. The zero-order chi connectivity index (χ0) is 20.5. The Morgan fingerprint density at radius 1 is 0.897 bits per heavy atom. The fourth-order valence-electron chi connectivity index (χ4n) is 2.49. The summed E-state index contributed by atoms with van der Waals surface area (Å²) in [5, 5.41) is 14.3. The molecule has 3 rings (SSSR count). The van der Waals surface area contributed by atoms with Gasteiger partial charge in [-0.1, -0.05) is 6.07 Å². The van der Waals surface area contributed by atoms with Crippen molar-refractivity contribution in [3.05, 3.63) is 89.7 Å². The summed E-state index contributed by atoms with van der Waals surface area (Å²) in [5.74, 6) is 0.558. The molecular weight excluding hydrogens is 368 g/mol. The number of pyridine rings is 1. The first-order chi connectivity index (χ1) is 14.2. The number of benzene rings is 2. The molecular formula is C22H18N4O3. The van der Waals surface area contributed by atoms with Gasteiger partial charge in [-0.25, -0.2) is 0 Å². The zero-order valence-electron chi connectivity index (χ0n) is 15.5. The molecule has 29 heavy (non-hydrogen) atoms. The van der Waals surface area contributed by atoms with Crippen molar-refractivity contribution >= 4 is 11.8 Å². The highest BCUT2D eigenvalue weighted by Gasteiger charge is 2.08. The highest BCUT2D eigenvalue weighted by molar-refractivity contribution is 5.95. The lowest BCUT2D eigenvalue weighted by Crippen LogP contribution is -2.34. The van der Waals surface area contributed by atoms with Gasteiger partial charge in [0.2, 0.25) is 0 Å². The van der Waals surface area contributed by atoms with Crippen molar-refractivity contribution in [2.75, 3.05) is 13.1 Å². The lowest BCUT2D eigenvalue weighted by Gasteiger charge is -2.09. The van der Waals surface area contributed by atoms with E-state index >= 15 is 0 Å². The van der Waals surface area contributed by atoms with E-state index in [1.165, 1.54) is 6.20 Å². The Morgan fingerprint density at radius 2 is 1.59 bits per heavy atom. The summed E-state index contributed by atoms with van der Waals surface area (Å²) in [6.07, 6.45) is 3.07. The van der Waals surface area contributed by atoms with Gasteiger partial charge in [0.25, 0.3) is 11.8 Å². The van der Waals surface area contributed by atoms with Gasteiger partial charge in [-0.2, -0.15) is 5.26 Å². The molecule has 0 saturated carbocycles. The molecule has 0 aliphatic rings. The Balaban J connectivity index is 1.50. The van der Waals surface area contributed by atoms with Crippen LogP contribution in [0.1, 0.15) is 26.3 Å². The van der Waals surface area contributed by atoms with Crippen LogP contribution in [0.4, 0.5) is 0 Å². The van der Waals surface area contributed by atoms with Gasteiger partial charge in [-0.15, -0.1) is 0 Å². The second-order valence-corrected chi connectivity index (χ2v) is 6.02. The second kappa shape index (κ2) is 9.67. The number of rotatable bonds is 7. The number of nitrogens with zero attached hydrogens (tertiary/aromatic N) is 2. The van der Waals surface area contributed by atoms with Gasteiger partial charge >= 0.3 is 0 Å². The summed E-state index contributed by atoms with van der Waals surface area (Å²) in [5.41, 5.74) is 1.45. The first-order valence-electron chi connectivity index (χ1n) is 8.90. The molecule has 0 unspecified atom stereocenters. The Kier molecular flexibility index (Phi) is 6.53. The number of aromatic nitrogens is 1. The quantitative estimate of drug-likeness (QED) is 0.608. The molecule has 7 heteroatoms. The molecule has 2 amide bonds. The Bertz CT molecular complexity index is 1030. The molecule has 2 N–H and O–H groups in total. The number of nitriles is 1. The Labute approximate surface area is 168 Å². The second-order valence-electron chi connectivity index (χ2n) is 6.02. The smallest absolute Gasteiger partial charge is 0.252 e. The van der Waals surface area contributed by atoms with Crippen LogP contribution in [0, 0.1) is 11.3 Å². The largest absolute Gasteiger partial charge is 0.457 e. The van der Waals surface area contributed by atoms with Crippen LogP contribution in [-0.2, 0) is 0 Å². The van der Waals surface area contributed by atoms with Crippen molar-refractivity contribution in [2.24, 2.45) is 0 Å². The SMILES string of the molecule is N#Cc1ccc(Oc2cccc(C(=O)NCCNC(=O)c3cccnc3)c2)cc1. The molecule has 3 aromatic rings. The fourth-order valence-corrected chi connectivity index (χ4v) is 2.49. The third-order valence-electron chi connectivity index (χ3n) is 3.94. The van der Waals surface area contributed by atoms with Gasteiger partial charge in [-0.05, 0) is 54.6 Å². The van der Waals surface area contributed by atoms with Gasteiger partial charge < -0.3 is 15.4 Å². The normalized spacial score (nSPS) is 9.90. The molecule has 2 aromatic carbocycles. The van der Waals surface area contributed by atoms with Gasteiger partial charge in [-0.3, -0.25) is 14.6 Å². The van der Waals surface area contributed by atoms with E-state index in [9.17, 15) is 9.59 Å². The topological polar surface area (TPSA) is 104 Å². The van der Waals surface area contributed by atoms with Crippen LogP contribution in [0.15, 0.2) is 73.1 Å². The third kappa shape index (κ3) is 5.65. The minimum Gasteiger partial charge on any atom is -0.457 e. The van der Waals surface area contributed by atoms with E-state index in [0.717, 1.165) is 0 Å². The van der Waals surface area contributed by atoms with E-state index in [1.54, 1.807) is 66.9 Å². The van der Waals surface area contributed by atoms with Crippen LogP contribution < -0.4 is 15.4 Å². The summed E-state index contributed by atoms with van der Waals surface area (Å²) < 4.78 is 5.72. The predicted octanol–water partition coefficient (Wildman–Crippen LogP) is 2.91. The van der Waals surface area contributed by atoms with Crippen LogP contribution in [-0.4, -0.2) is 29.9 Å². The van der Waals surface area contributed by atoms with E-state index in [0.29, 0.717) is 34.7 Å². The molecule has 144 valence electrons. The molecule has 0 aliphatic heterocycles. The van der Waals surface area contributed by atoms with Crippen molar-refractivity contribution in [3.63, 3.8) is 0 Å². The Morgan fingerprint density at radius 3 is 2.24 bits per heavy atom. The van der Waals surface area contributed by atoms with Crippen molar-refractivity contribution in [1.29, 1.82) is 5.26 Å². The van der Waals surface area contributed by atoms with Gasteiger partial charge in [0, 0.05) is 31.0 Å². The summed E-state index contributed by atoms with van der Waals surface area (Å²) >= 11 is 0. The summed E-state index contributed by atoms with van der Waals surface area (Å²) in [6, 6.07) is 18.9. The molecule has 1 aromatic heterocycles. The van der Waals surface area contributed by atoms with Crippen LogP contribution >= 0.6 is 0 Å². The average molecular weight is 386 g/mol. The predicted molar refractivity (Wildman–Crippen MR) is 107 cm³/mol. The lowest BCUT2D eigenvalue weighted by atomic mass is 10.2. The highest BCUT2D eigenvalue weighted by Crippen LogP contribution is 2.22. The van der Waals surface area contributed by atoms with E-state index < -0.39 is 0 Å². The van der Waals surface area contributed by atoms with Crippen molar-refractivity contribution < 1.29 is 14.3 Å². The maximum atomic E-state index is 12.3. The third-order valence-corrected chi connectivity index (χ3v) is 3.94. The average Bonchev–Trinajstić information content (AvgIpc) is 2.77. The van der Waals surface area contributed by atoms with E-state index in [-0.39, 0.29) is 18.4 Å². The minimum absolute atomic E-state index is 0.245. The van der Waals surface area contributed by atoms with Gasteiger partial charge in [0.15, 0.2) is 0 Å². The first-order valence-corrected chi connectivity index (χ1v) is 8.90. The molecule has 0 spiro atoms. The number of hydrogen-bond donors (Lipinski definition) is 2.